The molecule has 1 heterocycles. The molecule has 10 rings (SSSR count). The summed E-state index contributed by atoms with van der Waals surface area (Å²) >= 11 is 0. The fourth-order valence-corrected chi connectivity index (χ4v) is 8.11. The number of hydrogen-bond donors (Lipinski definition) is 2. The molecule has 0 radical (unpaired) electrons. The second-order valence-electron chi connectivity index (χ2n) is 13.4. The van der Waals surface area contributed by atoms with Crippen molar-refractivity contribution in [3.8, 4) is 11.1 Å². The highest BCUT2D eigenvalue weighted by atomic mass is 15.2. The number of benzene rings is 9. The average molecular weight is 639 g/mol. The van der Waals surface area contributed by atoms with E-state index in [1.165, 1.54) is 81.7 Å². The molecule has 0 spiro atoms. The Kier molecular flexibility index (Phi) is 6.75. The molecular weight excluding hydrogens is 605 g/mol. The predicted octanol–water partition coefficient (Wildman–Crippen LogP) is 12.1. The summed E-state index contributed by atoms with van der Waals surface area (Å²) in [6.45, 7) is 0. The Morgan fingerprint density at radius 2 is 0.960 bits per heavy atom. The van der Waals surface area contributed by atoms with Gasteiger partial charge in [0.15, 0.2) is 0 Å². The molecule has 2 heteroatoms. The minimum absolute atomic E-state index is 0.000861. The van der Waals surface area contributed by atoms with E-state index in [9.17, 15) is 0 Å². The molecule has 2 atom stereocenters. The normalized spacial score (nSPS) is 16.2. The highest BCUT2D eigenvalue weighted by molar-refractivity contribution is 6.20. The summed E-state index contributed by atoms with van der Waals surface area (Å²) in [5.41, 5.74) is 7.29. The van der Waals surface area contributed by atoms with E-state index in [2.05, 4.69) is 193 Å². The zero-order valence-corrected chi connectivity index (χ0v) is 27.5. The number of hydrogen-bond acceptors (Lipinski definition) is 2. The smallest absolute Gasteiger partial charge is 0.104 e. The van der Waals surface area contributed by atoms with E-state index in [0.717, 1.165) is 5.70 Å². The van der Waals surface area contributed by atoms with Gasteiger partial charge < -0.3 is 5.32 Å². The van der Waals surface area contributed by atoms with Crippen molar-refractivity contribution in [3.05, 3.63) is 199 Å². The monoisotopic (exact) mass is 638 g/mol. The highest BCUT2D eigenvalue weighted by Gasteiger charge is 2.26. The molecular formula is C48H34N2. The zero-order chi connectivity index (χ0) is 33.0. The molecule has 0 fully saturated rings. The quantitative estimate of drug-likeness (QED) is 0.148. The molecule has 1 aliphatic rings. The number of nitrogens with one attached hydrogen (secondary N) is 2. The van der Waals surface area contributed by atoms with Crippen molar-refractivity contribution in [2.75, 3.05) is 0 Å². The molecule has 2 nitrogen and oxygen atoms in total. The molecule has 1 aliphatic heterocycles. The molecule has 2 unspecified atom stereocenters. The molecule has 0 aliphatic carbocycles. The van der Waals surface area contributed by atoms with Gasteiger partial charge in [-0.3, -0.25) is 5.32 Å². The second-order valence-corrected chi connectivity index (χ2v) is 13.4. The van der Waals surface area contributed by atoms with Gasteiger partial charge >= 0.3 is 0 Å². The average Bonchev–Trinajstić information content (AvgIpc) is 3.20. The van der Waals surface area contributed by atoms with Crippen molar-refractivity contribution in [2.24, 2.45) is 0 Å². The summed E-state index contributed by atoms with van der Waals surface area (Å²) in [4.78, 5) is 0. The van der Waals surface area contributed by atoms with Crippen LogP contribution in [0.15, 0.2) is 182 Å². The van der Waals surface area contributed by atoms with Gasteiger partial charge in [-0.1, -0.05) is 164 Å². The van der Waals surface area contributed by atoms with E-state index >= 15 is 0 Å². The first-order chi connectivity index (χ1) is 24.8. The topological polar surface area (TPSA) is 24.1 Å². The molecule has 0 saturated carbocycles. The third-order valence-corrected chi connectivity index (χ3v) is 10.5. The Morgan fingerprint density at radius 3 is 1.72 bits per heavy atom. The summed E-state index contributed by atoms with van der Waals surface area (Å²) in [5.74, 6) is 0. The first kappa shape index (κ1) is 28.8. The SMILES string of the molecule is C1=C(c2ccc(-c3c4ccccc4cc4c3ccc3ccccc34)cc2)NC(c2ccccc2)NC1c1cc2ccccc2c2ccccc12. The van der Waals surface area contributed by atoms with Gasteiger partial charge in [0.05, 0.1) is 6.04 Å². The lowest BCUT2D eigenvalue weighted by Crippen LogP contribution is -2.39. The molecule has 9 aromatic carbocycles. The van der Waals surface area contributed by atoms with Crippen LogP contribution in [-0.4, -0.2) is 0 Å². The molecule has 9 aromatic rings. The van der Waals surface area contributed by atoms with Gasteiger partial charge in [0.1, 0.15) is 6.17 Å². The standard InChI is InChI=1S/C48H34N2/c1-2-13-34(14-3-1)48-49-45(30-46(50-48)44-29-35-15-5-8-18-38(35)40-20-10-11-21-41(40)44)32-22-24-33(25-23-32)47-39-19-9-6-16-36(39)28-43-37-17-7-4-12-31(37)26-27-42(43)47/h1-30,46,48-50H. The summed E-state index contributed by atoms with van der Waals surface area (Å²) in [7, 11) is 0. The Bertz CT molecular complexity index is 2760. The van der Waals surface area contributed by atoms with Crippen molar-refractivity contribution < 1.29 is 0 Å². The highest BCUT2D eigenvalue weighted by Crippen LogP contribution is 2.41. The van der Waals surface area contributed by atoms with Crippen LogP contribution >= 0.6 is 0 Å². The lowest BCUT2D eigenvalue weighted by molar-refractivity contribution is 0.444. The third-order valence-electron chi connectivity index (χ3n) is 10.5. The van der Waals surface area contributed by atoms with Gasteiger partial charge in [0.25, 0.3) is 0 Å². The molecule has 0 bridgehead atoms. The van der Waals surface area contributed by atoms with E-state index in [4.69, 9.17) is 0 Å². The van der Waals surface area contributed by atoms with Gasteiger partial charge in [-0.2, -0.15) is 0 Å². The van der Waals surface area contributed by atoms with Gasteiger partial charge in [0, 0.05) is 5.70 Å². The number of rotatable bonds is 4. The van der Waals surface area contributed by atoms with Crippen LogP contribution in [0.4, 0.5) is 0 Å². The van der Waals surface area contributed by atoms with E-state index < -0.39 is 0 Å². The summed E-state index contributed by atoms with van der Waals surface area (Å²) in [6, 6.07) is 64.2. The lowest BCUT2D eigenvalue weighted by Gasteiger charge is -2.34. The van der Waals surface area contributed by atoms with Crippen LogP contribution in [0.1, 0.15) is 28.9 Å². The maximum atomic E-state index is 3.95. The van der Waals surface area contributed by atoms with Crippen LogP contribution < -0.4 is 10.6 Å². The Balaban J connectivity index is 1.12. The summed E-state index contributed by atoms with van der Waals surface area (Å²) < 4.78 is 0. The van der Waals surface area contributed by atoms with Crippen molar-refractivity contribution >= 4 is 59.6 Å². The van der Waals surface area contributed by atoms with Gasteiger partial charge in [-0.05, 0) is 99.9 Å². The van der Waals surface area contributed by atoms with E-state index in [1.54, 1.807) is 0 Å². The van der Waals surface area contributed by atoms with Gasteiger partial charge in [-0.25, -0.2) is 0 Å². The number of fused-ring (bicyclic) bond motifs is 7. The first-order valence-electron chi connectivity index (χ1n) is 17.4. The third kappa shape index (κ3) is 4.76. The minimum atomic E-state index is -0.0543. The van der Waals surface area contributed by atoms with Crippen LogP contribution in [0, 0.1) is 0 Å². The van der Waals surface area contributed by atoms with E-state index in [0.29, 0.717) is 0 Å². The summed E-state index contributed by atoms with van der Waals surface area (Å²) in [6.07, 6.45) is 2.31. The van der Waals surface area contributed by atoms with Gasteiger partial charge in [0.2, 0.25) is 0 Å². The van der Waals surface area contributed by atoms with Crippen LogP contribution in [0.3, 0.4) is 0 Å². The van der Waals surface area contributed by atoms with Crippen LogP contribution in [0.2, 0.25) is 0 Å². The van der Waals surface area contributed by atoms with Crippen molar-refractivity contribution in [2.45, 2.75) is 12.2 Å². The van der Waals surface area contributed by atoms with Crippen molar-refractivity contribution in [3.63, 3.8) is 0 Å². The predicted molar refractivity (Wildman–Crippen MR) is 212 cm³/mol. The van der Waals surface area contributed by atoms with Crippen LogP contribution in [0.25, 0.3) is 70.7 Å². The van der Waals surface area contributed by atoms with Crippen LogP contribution in [-0.2, 0) is 0 Å². The molecule has 50 heavy (non-hydrogen) atoms. The molecule has 236 valence electrons. The van der Waals surface area contributed by atoms with E-state index in [1.807, 2.05) is 0 Å². The maximum absolute atomic E-state index is 3.95. The van der Waals surface area contributed by atoms with E-state index in [-0.39, 0.29) is 12.2 Å². The van der Waals surface area contributed by atoms with Crippen molar-refractivity contribution in [1.82, 2.24) is 10.6 Å². The zero-order valence-electron chi connectivity index (χ0n) is 27.5. The van der Waals surface area contributed by atoms with Crippen molar-refractivity contribution in [1.29, 1.82) is 0 Å². The fourth-order valence-electron chi connectivity index (χ4n) is 8.11. The fraction of sp³-hybridized carbons (Fsp3) is 0.0417. The lowest BCUT2D eigenvalue weighted by atomic mass is 9.89. The first-order valence-corrected chi connectivity index (χ1v) is 17.4. The van der Waals surface area contributed by atoms with Gasteiger partial charge in [-0.15, -0.1) is 0 Å². The second kappa shape index (κ2) is 11.7. The molecule has 0 saturated heterocycles. The summed E-state index contributed by atoms with van der Waals surface area (Å²) in [5, 5.41) is 20.6. The molecule has 2 N–H and O–H groups in total. The Labute approximate surface area is 291 Å². The Hall–Kier alpha value is -6.22. The maximum Gasteiger partial charge on any atom is 0.104 e. The molecule has 0 amide bonds. The minimum Gasteiger partial charge on any atom is -0.366 e. The molecule has 0 aromatic heterocycles. The van der Waals surface area contributed by atoms with Crippen LogP contribution in [0.5, 0.6) is 0 Å². The largest absolute Gasteiger partial charge is 0.366 e. The Morgan fingerprint density at radius 1 is 0.380 bits per heavy atom.